The molecule has 3 nitrogen and oxygen atoms in total. The second-order valence-electron chi connectivity index (χ2n) is 6.61. The van der Waals surface area contributed by atoms with E-state index in [-0.39, 0.29) is 0 Å². The number of nitrogens with one attached hydrogen (secondary N) is 1. The van der Waals surface area contributed by atoms with Gasteiger partial charge in [-0.15, -0.1) is 0 Å². The van der Waals surface area contributed by atoms with Crippen LogP contribution in [0.15, 0.2) is 0 Å². The molecule has 1 saturated heterocycles. The molecular weight excluding hydrogens is 224 g/mol. The molecule has 2 rings (SSSR count). The van der Waals surface area contributed by atoms with Gasteiger partial charge in [0.15, 0.2) is 0 Å². The molecule has 2 aliphatic rings. The van der Waals surface area contributed by atoms with E-state index in [1.807, 2.05) is 0 Å². The molecule has 18 heavy (non-hydrogen) atoms. The van der Waals surface area contributed by atoms with Crippen LogP contribution in [0.4, 0.5) is 0 Å². The third-order valence-corrected chi connectivity index (χ3v) is 4.86. The number of aliphatic hydroxyl groups is 1. The van der Waals surface area contributed by atoms with Crippen molar-refractivity contribution in [2.45, 2.75) is 64.5 Å². The summed E-state index contributed by atoms with van der Waals surface area (Å²) in [6.45, 7) is 8.58. The maximum absolute atomic E-state index is 9.09. The second kappa shape index (κ2) is 6.36. The maximum Gasteiger partial charge on any atom is 0.0436 e. The van der Waals surface area contributed by atoms with E-state index in [0.717, 1.165) is 13.0 Å². The summed E-state index contributed by atoms with van der Waals surface area (Å²) in [5, 5.41) is 12.9. The third kappa shape index (κ3) is 3.94. The molecular formula is C15H30N2O. The molecule has 1 aliphatic carbocycles. The zero-order chi connectivity index (χ0) is 13.0. The van der Waals surface area contributed by atoms with Crippen molar-refractivity contribution in [3.05, 3.63) is 0 Å². The topological polar surface area (TPSA) is 35.5 Å². The van der Waals surface area contributed by atoms with Gasteiger partial charge in [0.2, 0.25) is 0 Å². The molecule has 0 radical (unpaired) electrons. The number of hydrogen-bond donors (Lipinski definition) is 2. The normalized spacial score (nSPS) is 28.3. The Labute approximate surface area is 112 Å². The molecule has 3 heteroatoms. The highest BCUT2D eigenvalue weighted by molar-refractivity contribution is 4.95. The fourth-order valence-electron chi connectivity index (χ4n) is 3.13. The Hall–Kier alpha value is -0.120. The van der Waals surface area contributed by atoms with E-state index >= 15 is 0 Å². The number of likely N-dealkylation sites (tertiary alicyclic amines) is 1. The largest absolute Gasteiger partial charge is 0.396 e. The van der Waals surface area contributed by atoms with Crippen LogP contribution in [-0.4, -0.2) is 48.3 Å². The van der Waals surface area contributed by atoms with Gasteiger partial charge >= 0.3 is 0 Å². The van der Waals surface area contributed by atoms with Crippen molar-refractivity contribution >= 4 is 0 Å². The van der Waals surface area contributed by atoms with Crippen LogP contribution >= 0.6 is 0 Å². The Balaban J connectivity index is 1.70. The number of rotatable bonds is 6. The van der Waals surface area contributed by atoms with Gasteiger partial charge in [-0.05, 0) is 70.9 Å². The summed E-state index contributed by atoms with van der Waals surface area (Å²) in [6, 6.07) is 1.39. The molecule has 1 aliphatic heterocycles. The first-order valence-corrected chi connectivity index (χ1v) is 7.73. The lowest BCUT2D eigenvalue weighted by molar-refractivity contribution is 0.225. The smallest absolute Gasteiger partial charge is 0.0436 e. The minimum absolute atomic E-state index is 0.355. The monoisotopic (exact) mass is 254 g/mol. The average Bonchev–Trinajstić information content (AvgIpc) is 3.10. The lowest BCUT2D eigenvalue weighted by Crippen LogP contribution is -2.36. The van der Waals surface area contributed by atoms with Crippen LogP contribution < -0.4 is 5.32 Å². The number of hydrogen-bond acceptors (Lipinski definition) is 3. The Morgan fingerprint density at radius 2 is 2.06 bits per heavy atom. The Kier molecular flexibility index (Phi) is 5.05. The van der Waals surface area contributed by atoms with Crippen molar-refractivity contribution in [1.29, 1.82) is 0 Å². The molecule has 0 bridgehead atoms. The minimum Gasteiger partial charge on any atom is -0.396 e. The highest BCUT2D eigenvalue weighted by Crippen LogP contribution is 2.48. The first-order chi connectivity index (χ1) is 8.65. The summed E-state index contributed by atoms with van der Waals surface area (Å²) in [5.41, 5.74) is 0.457. The van der Waals surface area contributed by atoms with Crippen LogP contribution in [0.2, 0.25) is 0 Å². The molecule has 0 aromatic rings. The van der Waals surface area contributed by atoms with Crippen LogP contribution in [0.5, 0.6) is 0 Å². The fourth-order valence-corrected chi connectivity index (χ4v) is 3.13. The van der Waals surface area contributed by atoms with E-state index in [1.54, 1.807) is 0 Å². The van der Waals surface area contributed by atoms with Gasteiger partial charge in [0.1, 0.15) is 0 Å². The van der Waals surface area contributed by atoms with Gasteiger partial charge in [-0.3, -0.25) is 0 Å². The first-order valence-electron chi connectivity index (χ1n) is 7.73. The van der Waals surface area contributed by atoms with Crippen molar-refractivity contribution in [3.63, 3.8) is 0 Å². The second-order valence-corrected chi connectivity index (χ2v) is 6.61. The van der Waals surface area contributed by atoms with E-state index in [4.69, 9.17) is 5.11 Å². The Morgan fingerprint density at radius 3 is 2.67 bits per heavy atom. The van der Waals surface area contributed by atoms with E-state index in [9.17, 15) is 0 Å². The van der Waals surface area contributed by atoms with Crippen LogP contribution in [0, 0.1) is 5.41 Å². The highest BCUT2D eigenvalue weighted by Gasteiger charge is 2.41. The molecule has 0 aromatic heterocycles. The third-order valence-electron chi connectivity index (χ3n) is 4.86. The van der Waals surface area contributed by atoms with E-state index in [0.29, 0.717) is 24.1 Å². The summed E-state index contributed by atoms with van der Waals surface area (Å²) in [4.78, 5) is 2.60. The molecule has 0 aromatic carbocycles. The van der Waals surface area contributed by atoms with Gasteiger partial charge in [-0.1, -0.05) is 0 Å². The van der Waals surface area contributed by atoms with Gasteiger partial charge in [0.05, 0.1) is 0 Å². The summed E-state index contributed by atoms with van der Waals surface area (Å²) in [6.07, 6.45) is 7.54. The van der Waals surface area contributed by atoms with E-state index in [2.05, 4.69) is 24.1 Å². The molecule has 1 heterocycles. The predicted molar refractivity (Wildman–Crippen MR) is 75.7 cm³/mol. The Morgan fingerprint density at radius 1 is 1.28 bits per heavy atom. The predicted octanol–water partition coefficient (Wildman–Crippen LogP) is 2.00. The summed E-state index contributed by atoms with van der Waals surface area (Å²) >= 11 is 0. The molecule has 0 amide bonds. The quantitative estimate of drug-likeness (QED) is 0.761. The van der Waals surface area contributed by atoms with Gasteiger partial charge < -0.3 is 15.3 Å². The van der Waals surface area contributed by atoms with E-state index in [1.165, 1.54) is 45.2 Å². The molecule has 1 atom stereocenters. The fraction of sp³-hybridized carbons (Fsp3) is 1.00. The highest BCUT2D eigenvalue weighted by atomic mass is 16.3. The first kappa shape index (κ1) is 14.3. The standard InChI is InChI=1S/C15H30N2O/c1-13(2)17-9-3-4-14(5-10-17)16-12-15(6-7-15)8-11-18/h13-14,16,18H,3-12H2,1-2H3. The molecule has 106 valence electrons. The van der Waals surface area contributed by atoms with Gasteiger partial charge in [-0.2, -0.15) is 0 Å². The van der Waals surface area contributed by atoms with Gasteiger partial charge in [-0.25, -0.2) is 0 Å². The molecule has 1 saturated carbocycles. The Bertz CT molecular complexity index is 251. The molecule has 2 N–H and O–H groups in total. The number of nitrogens with zero attached hydrogens (tertiary/aromatic N) is 1. The lowest BCUT2D eigenvalue weighted by Gasteiger charge is -2.25. The van der Waals surface area contributed by atoms with Crippen molar-refractivity contribution in [2.24, 2.45) is 5.41 Å². The van der Waals surface area contributed by atoms with Gasteiger partial charge in [0.25, 0.3) is 0 Å². The summed E-state index contributed by atoms with van der Waals surface area (Å²) in [7, 11) is 0. The molecule has 2 fully saturated rings. The van der Waals surface area contributed by atoms with Crippen LogP contribution in [0.3, 0.4) is 0 Å². The molecule has 1 unspecified atom stereocenters. The number of aliphatic hydroxyl groups excluding tert-OH is 1. The van der Waals surface area contributed by atoms with Crippen molar-refractivity contribution in [3.8, 4) is 0 Å². The van der Waals surface area contributed by atoms with Crippen molar-refractivity contribution < 1.29 is 5.11 Å². The summed E-state index contributed by atoms with van der Waals surface area (Å²) in [5.74, 6) is 0. The molecule has 0 spiro atoms. The minimum atomic E-state index is 0.355. The zero-order valence-corrected chi connectivity index (χ0v) is 12.1. The zero-order valence-electron chi connectivity index (χ0n) is 12.1. The van der Waals surface area contributed by atoms with Crippen LogP contribution in [0.1, 0.15) is 52.4 Å². The maximum atomic E-state index is 9.09. The van der Waals surface area contributed by atoms with Crippen LogP contribution in [-0.2, 0) is 0 Å². The van der Waals surface area contributed by atoms with E-state index < -0.39 is 0 Å². The van der Waals surface area contributed by atoms with Gasteiger partial charge in [0, 0.05) is 25.2 Å². The van der Waals surface area contributed by atoms with Crippen molar-refractivity contribution in [1.82, 2.24) is 10.2 Å². The van der Waals surface area contributed by atoms with Crippen LogP contribution in [0.25, 0.3) is 0 Å². The average molecular weight is 254 g/mol. The van der Waals surface area contributed by atoms with Crippen molar-refractivity contribution in [2.75, 3.05) is 26.2 Å². The SMILES string of the molecule is CC(C)N1CCCC(NCC2(CCO)CC2)CC1. The lowest BCUT2D eigenvalue weighted by atomic mass is 10.0. The summed E-state index contributed by atoms with van der Waals surface area (Å²) < 4.78 is 0.